The van der Waals surface area contributed by atoms with Crippen LogP contribution in [0.2, 0.25) is 0 Å². The third kappa shape index (κ3) is 11.0. The second kappa shape index (κ2) is 16.2. The predicted octanol–water partition coefficient (Wildman–Crippen LogP) is 6.64. The van der Waals surface area contributed by atoms with Gasteiger partial charge in [0.1, 0.15) is 6.79 Å². The highest BCUT2D eigenvalue weighted by Crippen LogP contribution is 2.35. The van der Waals surface area contributed by atoms with Gasteiger partial charge in [0.25, 0.3) is 0 Å². The highest BCUT2D eigenvalue weighted by molar-refractivity contribution is 7.11. The summed E-state index contributed by atoms with van der Waals surface area (Å²) in [5.74, 6) is 0.748. The molecule has 0 atom stereocenters. The fourth-order valence-electron chi connectivity index (χ4n) is 3.36. The van der Waals surface area contributed by atoms with Crippen molar-refractivity contribution in [2.24, 2.45) is 5.92 Å². The summed E-state index contributed by atoms with van der Waals surface area (Å²) in [6.07, 6.45) is 6.53. The highest BCUT2D eigenvalue weighted by atomic mass is 32.1. The number of hydrogen-bond donors (Lipinski definition) is 1. The number of aryl methyl sites for hydroxylation is 1. The third-order valence-corrected chi connectivity index (χ3v) is 7.37. The second-order valence-electron chi connectivity index (χ2n) is 9.32. The van der Waals surface area contributed by atoms with Crippen LogP contribution in [0.15, 0.2) is 30.1 Å². The summed E-state index contributed by atoms with van der Waals surface area (Å²) < 4.78 is 5.49. The topological polar surface area (TPSA) is 54.5 Å². The molecule has 5 nitrogen and oxygen atoms in total. The highest BCUT2D eigenvalue weighted by Gasteiger charge is 2.28. The zero-order chi connectivity index (χ0) is 24.9. The van der Waals surface area contributed by atoms with Crippen LogP contribution in [0.5, 0.6) is 0 Å². The van der Waals surface area contributed by atoms with Gasteiger partial charge < -0.3 is 14.8 Å². The van der Waals surface area contributed by atoms with E-state index in [0.29, 0.717) is 0 Å². The first-order chi connectivity index (χ1) is 15.0. The summed E-state index contributed by atoms with van der Waals surface area (Å²) in [6.45, 7) is 27.5. The van der Waals surface area contributed by atoms with Crippen LogP contribution in [0.4, 0.5) is 0 Å². The molecule has 0 unspecified atom stereocenters. The lowest BCUT2D eigenvalue weighted by atomic mass is 9.83. The Kier molecular flexibility index (Phi) is 16.5. The molecule has 33 heavy (non-hydrogen) atoms. The van der Waals surface area contributed by atoms with Crippen LogP contribution < -0.4 is 5.32 Å². The number of nitrogens with zero attached hydrogens (tertiary/aromatic N) is 2. The average molecular weight is 484 g/mol. The van der Waals surface area contributed by atoms with Crippen molar-refractivity contribution in [3.05, 3.63) is 40.0 Å². The molecule has 1 aromatic heterocycles. The normalized spacial score (nSPS) is 14.9. The number of thiazole rings is 1. The molecule has 0 radical (unpaired) electrons. The van der Waals surface area contributed by atoms with Gasteiger partial charge in [0.2, 0.25) is 0 Å². The average Bonchev–Trinajstić information content (AvgIpc) is 3.23. The smallest absolute Gasteiger partial charge is 0.106 e. The molecule has 194 valence electrons. The first-order valence-electron chi connectivity index (χ1n) is 11.6. The molecule has 2 heterocycles. The van der Waals surface area contributed by atoms with Gasteiger partial charge in [-0.3, -0.25) is 4.90 Å². The van der Waals surface area contributed by atoms with E-state index in [1.807, 2.05) is 26.8 Å². The van der Waals surface area contributed by atoms with E-state index in [-0.39, 0.29) is 19.8 Å². The lowest BCUT2D eigenvalue weighted by Crippen LogP contribution is -2.50. The number of rotatable bonds is 9. The Morgan fingerprint density at radius 3 is 2.33 bits per heavy atom. The van der Waals surface area contributed by atoms with Gasteiger partial charge in [-0.2, -0.15) is 0 Å². The van der Waals surface area contributed by atoms with E-state index >= 15 is 0 Å². The molecule has 1 aromatic rings. The maximum absolute atomic E-state index is 8.00. The lowest BCUT2D eigenvalue weighted by molar-refractivity contribution is -0.0980. The molecule has 2 rings (SSSR count). The Balaban J connectivity index is -0.00000152. The predicted molar refractivity (Wildman–Crippen MR) is 148 cm³/mol. The van der Waals surface area contributed by atoms with Crippen molar-refractivity contribution in [3.8, 4) is 0 Å². The molecule has 1 saturated heterocycles. The van der Waals surface area contributed by atoms with Crippen LogP contribution in [0, 0.1) is 12.8 Å². The molecule has 0 bridgehead atoms. The SMILES string of the molecule is C.C=C(/C=C(\C)NCC(C)(C)N(C)CC1CCOCC1)C(C)(C)c1cnc(C)s1.C=O.CC.[HH]. The number of aromatic nitrogens is 1. The summed E-state index contributed by atoms with van der Waals surface area (Å²) in [6, 6.07) is 0. The fourth-order valence-corrected chi connectivity index (χ4v) is 4.27. The van der Waals surface area contributed by atoms with E-state index in [4.69, 9.17) is 9.53 Å². The van der Waals surface area contributed by atoms with E-state index in [1.165, 1.54) is 17.7 Å². The monoisotopic (exact) mass is 483 g/mol. The molecule has 1 N–H and O–H groups in total. The molecule has 1 fully saturated rings. The molecule has 0 aromatic carbocycles. The standard InChI is InChI=1S/C23H39N3OS.C2H6.CH2O.CH4.H2/c1-17(23(6,7)21-14-24-19(3)28-21)13-18(2)25-16-22(4,5)26(8)15-20-9-11-27-12-10-20;2*1-2;;/h13-14,20,25H,1,9-12,15-16H2,2-8H3;1-2H3;1H2;1H4;1H/b18-13+;;;;. The van der Waals surface area contributed by atoms with Crippen molar-refractivity contribution >= 4 is 18.1 Å². The number of ether oxygens (including phenoxy) is 1. The lowest BCUT2D eigenvalue weighted by Gasteiger charge is -2.39. The van der Waals surface area contributed by atoms with E-state index in [1.54, 1.807) is 11.3 Å². The van der Waals surface area contributed by atoms with Crippen molar-refractivity contribution in [3.63, 3.8) is 0 Å². The molecule has 1 aliphatic heterocycles. The van der Waals surface area contributed by atoms with E-state index in [0.717, 1.165) is 48.5 Å². The maximum Gasteiger partial charge on any atom is 0.106 e. The molecule has 0 aliphatic carbocycles. The Bertz CT molecular complexity index is 710. The number of allylic oxidation sites excluding steroid dienone is 3. The van der Waals surface area contributed by atoms with E-state index in [2.05, 4.69) is 76.4 Å². The maximum atomic E-state index is 8.00. The van der Waals surface area contributed by atoms with Gasteiger partial charge in [-0.15, -0.1) is 11.3 Å². The Morgan fingerprint density at radius 1 is 1.30 bits per heavy atom. The molecule has 0 saturated carbocycles. The quantitative estimate of drug-likeness (QED) is 0.399. The first kappa shape index (κ1) is 33.7. The number of likely N-dealkylation sites (N-methyl/N-ethyl adjacent to an activating group) is 1. The van der Waals surface area contributed by atoms with Crippen LogP contribution in [0.3, 0.4) is 0 Å². The Labute approximate surface area is 210 Å². The number of hydrogen-bond acceptors (Lipinski definition) is 6. The summed E-state index contributed by atoms with van der Waals surface area (Å²) in [5, 5.41) is 4.72. The van der Waals surface area contributed by atoms with Crippen LogP contribution in [0.1, 0.15) is 80.0 Å². The summed E-state index contributed by atoms with van der Waals surface area (Å²) in [5.41, 5.74) is 2.24. The van der Waals surface area contributed by atoms with E-state index < -0.39 is 0 Å². The van der Waals surface area contributed by atoms with Crippen molar-refractivity contribution in [1.29, 1.82) is 0 Å². The fraction of sp³-hybridized carbons (Fsp3) is 0.704. The number of carbonyl (C=O) groups excluding carboxylic acids is 1. The van der Waals surface area contributed by atoms with Crippen LogP contribution in [-0.2, 0) is 14.9 Å². The molecule has 6 heteroatoms. The minimum absolute atomic E-state index is 0. The van der Waals surface area contributed by atoms with E-state index in [9.17, 15) is 0 Å². The van der Waals surface area contributed by atoms with Crippen molar-refractivity contribution in [2.45, 2.75) is 86.6 Å². The van der Waals surface area contributed by atoms with Gasteiger partial charge in [-0.1, -0.05) is 41.7 Å². The van der Waals surface area contributed by atoms with Gasteiger partial charge in [0, 0.05) is 55.5 Å². The van der Waals surface area contributed by atoms with Gasteiger partial charge in [0.05, 0.1) is 5.01 Å². The summed E-state index contributed by atoms with van der Waals surface area (Å²) >= 11 is 1.75. The third-order valence-electron chi connectivity index (χ3n) is 6.14. The van der Waals surface area contributed by atoms with Gasteiger partial charge in [0.15, 0.2) is 0 Å². The number of nitrogens with one attached hydrogen (secondary N) is 1. The minimum atomic E-state index is -0.107. The molecular weight excluding hydrogens is 430 g/mol. The van der Waals surface area contributed by atoms with Crippen molar-refractivity contribution < 1.29 is 11.0 Å². The summed E-state index contributed by atoms with van der Waals surface area (Å²) in [7, 11) is 2.24. The molecule has 0 spiro atoms. The van der Waals surface area contributed by atoms with Crippen molar-refractivity contribution in [2.75, 3.05) is 33.4 Å². The van der Waals surface area contributed by atoms with Crippen LogP contribution >= 0.6 is 11.3 Å². The van der Waals surface area contributed by atoms with Gasteiger partial charge in [-0.25, -0.2) is 4.98 Å². The molecular formula is C27H53N3O2S. The molecule has 0 amide bonds. The van der Waals surface area contributed by atoms with Crippen LogP contribution in [0.25, 0.3) is 0 Å². The van der Waals surface area contributed by atoms with Crippen LogP contribution in [-0.4, -0.2) is 55.6 Å². The Hall–Kier alpha value is -1.50. The first-order valence-corrected chi connectivity index (χ1v) is 12.5. The van der Waals surface area contributed by atoms with Gasteiger partial charge >= 0.3 is 0 Å². The largest absolute Gasteiger partial charge is 0.387 e. The minimum Gasteiger partial charge on any atom is -0.387 e. The number of carbonyl (C=O) groups is 1. The Morgan fingerprint density at radius 2 is 1.85 bits per heavy atom. The zero-order valence-electron chi connectivity index (χ0n) is 22.0. The van der Waals surface area contributed by atoms with Gasteiger partial charge in [-0.05, 0) is 65.2 Å². The zero-order valence-corrected chi connectivity index (χ0v) is 22.8. The second-order valence-corrected chi connectivity index (χ2v) is 10.6. The van der Waals surface area contributed by atoms with Crippen molar-refractivity contribution in [1.82, 2.24) is 15.2 Å². The summed E-state index contributed by atoms with van der Waals surface area (Å²) in [4.78, 5) is 16.2. The molecule has 1 aliphatic rings.